The van der Waals surface area contributed by atoms with Gasteiger partial charge in [-0.05, 0) is 64.2 Å². The molecule has 0 radical (unpaired) electrons. The van der Waals surface area contributed by atoms with Crippen molar-refractivity contribution in [2.45, 2.75) is 220 Å². The van der Waals surface area contributed by atoms with Crippen LogP contribution in [0.1, 0.15) is 207 Å². The van der Waals surface area contributed by atoms with Crippen LogP contribution in [-0.2, 0) is 19.1 Å². The molecule has 276 valence electrons. The zero-order valence-electron chi connectivity index (χ0n) is 32.3. The summed E-state index contributed by atoms with van der Waals surface area (Å²) in [6, 6.07) is 0. The molecule has 0 saturated carbocycles. The number of hydrogen-bond donors (Lipinski definition) is 0. The number of quaternary nitrogens is 1. The summed E-state index contributed by atoms with van der Waals surface area (Å²) in [5.74, 6) is -0.318. The Morgan fingerprint density at radius 1 is 0.447 bits per heavy atom. The number of allylic oxidation sites excluding steroid dienone is 4. The Labute approximate surface area is 293 Å². The van der Waals surface area contributed by atoms with Crippen LogP contribution >= 0.6 is 0 Å². The number of nitrogens with zero attached hydrogens (tertiary/aromatic N) is 1. The number of carbonyl (C=O) groups is 2. The van der Waals surface area contributed by atoms with Gasteiger partial charge in [-0.2, -0.15) is 0 Å². The highest BCUT2D eigenvalue weighted by Crippen LogP contribution is 2.18. The van der Waals surface area contributed by atoms with Gasteiger partial charge in [0.2, 0.25) is 12.5 Å². The molecule has 0 aromatic carbocycles. The molecular weight excluding hydrogens is 582 g/mol. The van der Waals surface area contributed by atoms with Crippen LogP contribution in [0.15, 0.2) is 24.3 Å². The second-order valence-electron chi connectivity index (χ2n) is 14.5. The van der Waals surface area contributed by atoms with E-state index in [0.29, 0.717) is 17.3 Å². The van der Waals surface area contributed by atoms with Crippen LogP contribution in [0.25, 0.3) is 0 Å². The quantitative estimate of drug-likeness (QED) is 0.0226. The van der Waals surface area contributed by atoms with Gasteiger partial charge in [-0.15, -0.1) is 0 Å². The molecule has 2 unspecified atom stereocenters. The lowest BCUT2D eigenvalue weighted by molar-refractivity contribution is -0.971. The standard InChI is InChI=1S/C42H80NO4/c1-7-9-11-13-15-17-19-21-23-25-27-29-31-33-35-37-41(44)46-39(3)43(5,6)40(4)47-42(45)38-36-34-32-30-28-26-24-22-20-18-16-14-12-10-8-2/h21-24,39-40H,7-20,25-38H2,1-6H3/q+1/b23-21-,24-22-. The molecule has 0 rings (SSSR count). The van der Waals surface area contributed by atoms with Gasteiger partial charge in [0.05, 0.1) is 14.1 Å². The van der Waals surface area contributed by atoms with E-state index in [2.05, 4.69) is 38.2 Å². The molecule has 0 bridgehead atoms. The maximum atomic E-state index is 12.5. The molecule has 5 nitrogen and oxygen atoms in total. The van der Waals surface area contributed by atoms with Crippen molar-refractivity contribution in [2.75, 3.05) is 14.1 Å². The Balaban J connectivity index is 3.84. The van der Waals surface area contributed by atoms with Crippen molar-refractivity contribution in [1.82, 2.24) is 0 Å². The van der Waals surface area contributed by atoms with Gasteiger partial charge in [-0.1, -0.05) is 141 Å². The second-order valence-corrected chi connectivity index (χ2v) is 14.5. The number of rotatable bonds is 34. The summed E-state index contributed by atoms with van der Waals surface area (Å²) in [5, 5.41) is 0. The van der Waals surface area contributed by atoms with Crippen molar-refractivity contribution in [2.24, 2.45) is 0 Å². The predicted octanol–water partition coefficient (Wildman–Crippen LogP) is 12.9. The smallest absolute Gasteiger partial charge is 0.310 e. The van der Waals surface area contributed by atoms with Crippen LogP contribution in [0.3, 0.4) is 0 Å². The summed E-state index contributed by atoms with van der Waals surface area (Å²) in [5.41, 5.74) is 0. The van der Waals surface area contributed by atoms with E-state index >= 15 is 0 Å². The van der Waals surface area contributed by atoms with Crippen LogP contribution < -0.4 is 0 Å². The van der Waals surface area contributed by atoms with Crippen molar-refractivity contribution in [3.63, 3.8) is 0 Å². The molecule has 5 heteroatoms. The number of hydrogen-bond acceptors (Lipinski definition) is 4. The number of ether oxygens (including phenoxy) is 2. The minimum Gasteiger partial charge on any atom is -0.413 e. The first-order valence-electron chi connectivity index (χ1n) is 20.3. The van der Waals surface area contributed by atoms with Gasteiger partial charge in [0.1, 0.15) is 0 Å². The number of esters is 2. The number of unbranched alkanes of at least 4 members (excludes halogenated alkanes) is 22. The fraction of sp³-hybridized carbons (Fsp3) is 0.857. The van der Waals surface area contributed by atoms with E-state index < -0.39 is 0 Å². The van der Waals surface area contributed by atoms with E-state index in [9.17, 15) is 9.59 Å². The second kappa shape index (κ2) is 32.9. The minimum atomic E-state index is -0.381. The van der Waals surface area contributed by atoms with E-state index in [1.54, 1.807) is 0 Å². The third-order valence-electron chi connectivity index (χ3n) is 9.76. The van der Waals surface area contributed by atoms with Crippen molar-refractivity contribution in [3.05, 3.63) is 24.3 Å². The van der Waals surface area contributed by atoms with E-state index in [-0.39, 0.29) is 24.4 Å². The fourth-order valence-electron chi connectivity index (χ4n) is 5.75. The highest BCUT2D eigenvalue weighted by atomic mass is 16.6. The van der Waals surface area contributed by atoms with Crippen molar-refractivity contribution >= 4 is 11.9 Å². The van der Waals surface area contributed by atoms with E-state index in [0.717, 1.165) is 25.7 Å². The van der Waals surface area contributed by atoms with Gasteiger partial charge in [-0.25, -0.2) is 0 Å². The average Bonchev–Trinajstić information content (AvgIpc) is 3.04. The third kappa shape index (κ3) is 29.1. The lowest BCUT2D eigenvalue weighted by atomic mass is 10.1. The van der Waals surface area contributed by atoms with Crippen molar-refractivity contribution in [1.29, 1.82) is 0 Å². The van der Waals surface area contributed by atoms with Crippen LogP contribution in [0, 0.1) is 0 Å². The normalized spacial score (nSPS) is 13.4. The largest absolute Gasteiger partial charge is 0.413 e. The summed E-state index contributed by atoms with van der Waals surface area (Å²) >= 11 is 0. The molecule has 0 amide bonds. The maximum absolute atomic E-state index is 12.5. The molecule has 0 N–H and O–H groups in total. The first-order valence-corrected chi connectivity index (χ1v) is 20.3. The Morgan fingerprint density at radius 2 is 0.702 bits per heavy atom. The molecule has 0 spiro atoms. The molecule has 2 atom stereocenters. The monoisotopic (exact) mass is 663 g/mol. The zero-order valence-corrected chi connectivity index (χ0v) is 32.3. The van der Waals surface area contributed by atoms with Gasteiger partial charge in [0.25, 0.3) is 0 Å². The van der Waals surface area contributed by atoms with E-state index in [4.69, 9.17) is 9.47 Å². The fourth-order valence-corrected chi connectivity index (χ4v) is 5.75. The maximum Gasteiger partial charge on any atom is 0.310 e. The Bertz CT molecular complexity index is 713. The molecule has 0 heterocycles. The summed E-state index contributed by atoms with van der Waals surface area (Å²) in [7, 11) is 3.92. The van der Waals surface area contributed by atoms with Crippen LogP contribution in [0.4, 0.5) is 0 Å². The zero-order chi connectivity index (χ0) is 34.9. The molecule has 0 saturated heterocycles. The average molecular weight is 663 g/mol. The molecule has 0 aliphatic carbocycles. The third-order valence-corrected chi connectivity index (χ3v) is 9.76. The molecule has 47 heavy (non-hydrogen) atoms. The Kier molecular flexibility index (Phi) is 31.8. The van der Waals surface area contributed by atoms with Crippen LogP contribution in [-0.4, -0.2) is 43.0 Å². The van der Waals surface area contributed by atoms with Gasteiger partial charge >= 0.3 is 11.9 Å². The van der Waals surface area contributed by atoms with Gasteiger partial charge in [0.15, 0.2) is 0 Å². The number of carbonyl (C=O) groups excluding carboxylic acids is 2. The van der Waals surface area contributed by atoms with Crippen LogP contribution in [0.5, 0.6) is 0 Å². The molecule has 0 fully saturated rings. The van der Waals surface area contributed by atoms with Crippen molar-refractivity contribution in [3.8, 4) is 0 Å². The summed E-state index contributed by atoms with van der Waals surface area (Å²) in [6.07, 6.45) is 41.8. The first-order chi connectivity index (χ1) is 22.8. The molecule has 0 aromatic heterocycles. The lowest BCUT2D eigenvalue weighted by Gasteiger charge is -2.39. The molecule has 0 aliphatic heterocycles. The van der Waals surface area contributed by atoms with Crippen LogP contribution in [0.2, 0.25) is 0 Å². The highest BCUT2D eigenvalue weighted by Gasteiger charge is 2.35. The van der Waals surface area contributed by atoms with E-state index in [1.165, 1.54) is 141 Å². The summed E-state index contributed by atoms with van der Waals surface area (Å²) in [6.45, 7) is 8.32. The topological polar surface area (TPSA) is 52.6 Å². The Morgan fingerprint density at radius 3 is 1.00 bits per heavy atom. The predicted molar refractivity (Wildman–Crippen MR) is 202 cm³/mol. The van der Waals surface area contributed by atoms with E-state index in [1.807, 2.05) is 27.9 Å². The highest BCUT2D eigenvalue weighted by molar-refractivity contribution is 5.69. The van der Waals surface area contributed by atoms with Gasteiger partial charge in [0, 0.05) is 26.7 Å². The molecule has 0 aliphatic rings. The lowest BCUT2D eigenvalue weighted by Crippen LogP contribution is -2.56. The minimum absolute atomic E-state index is 0.159. The Hall–Kier alpha value is -1.62. The summed E-state index contributed by atoms with van der Waals surface area (Å²) in [4.78, 5) is 25.0. The van der Waals surface area contributed by atoms with Gasteiger partial charge in [-0.3, -0.25) is 14.1 Å². The SMILES string of the molecule is CCCCCCCC/C=C\CCCCCCCC(=O)OC(C)[N+](C)(C)C(C)OC(=O)CCCCCCC/C=C\CCCCCCCC. The molecular formula is C42H80NO4+. The molecule has 0 aromatic rings. The van der Waals surface area contributed by atoms with Gasteiger partial charge < -0.3 is 9.47 Å². The summed E-state index contributed by atoms with van der Waals surface area (Å²) < 4.78 is 11.8. The first kappa shape index (κ1) is 45.4. The van der Waals surface area contributed by atoms with Crippen molar-refractivity contribution < 1.29 is 23.5 Å².